The lowest BCUT2D eigenvalue weighted by Gasteiger charge is -2.25. The number of carboxylic acid groups (broad SMARTS) is 1. The van der Waals surface area contributed by atoms with Crippen LogP contribution in [0, 0.1) is 11.3 Å². The van der Waals surface area contributed by atoms with E-state index >= 15 is 0 Å². The van der Waals surface area contributed by atoms with Gasteiger partial charge in [-0.2, -0.15) is 0 Å². The topological polar surface area (TPSA) is 131 Å². The van der Waals surface area contributed by atoms with Crippen molar-refractivity contribution in [3.63, 3.8) is 0 Å². The maximum absolute atomic E-state index is 13.1. The summed E-state index contributed by atoms with van der Waals surface area (Å²) in [5, 5.41) is 14.9. The molecule has 0 fully saturated rings. The third-order valence-electron chi connectivity index (χ3n) is 5.58. The van der Waals surface area contributed by atoms with Crippen LogP contribution in [0.5, 0.6) is 0 Å². The van der Waals surface area contributed by atoms with Gasteiger partial charge in [-0.05, 0) is 44.7 Å². The van der Waals surface area contributed by atoms with Crippen LogP contribution >= 0.6 is 0 Å². The number of carbonyl (C=O) groups is 4. The molecule has 200 valence electrons. The summed E-state index contributed by atoms with van der Waals surface area (Å²) in [6, 6.07) is 16.7. The molecule has 3 N–H and O–H groups in total. The van der Waals surface area contributed by atoms with Crippen LogP contribution < -0.4 is 10.6 Å². The summed E-state index contributed by atoms with van der Waals surface area (Å²) in [5.74, 6) is -3.44. The summed E-state index contributed by atoms with van der Waals surface area (Å²) in [6.07, 6.45) is 0.475. The Hall–Kier alpha value is -3.72. The lowest BCUT2D eigenvalue weighted by Crippen LogP contribution is -2.53. The van der Waals surface area contributed by atoms with Crippen LogP contribution in [0.3, 0.4) is 0 Å². The van der Waals surface area contributed by atoms with Gasteiger partial charge in [0.1, 0.15) is 6.04 Å². The first kappa shape index (κ1) is 29.5. The van der Waals surface area contributed by atoms with E-state index in [-0.39, 0.29) is 19.4 Å². The Morgan fingerprint density at radius 3 is 1.84 bits per heavy atom. The van der Waals surface area contributed by atoms with Crippen molar-refractivity contribution in [3.05, 3.63) is 71.8 Å². The van der Waals surface area contributed by atoms with Gasteiger partial charge in [0.25, 0.3) is 0 Å². The molecule has 9 nitrogen and oxygen atoms in total. The summed E-state index contributed by atoms with van der Waals surface area (Å²) in [6.45, 7) is 5.96. The lowest BCUT2D eigenvalue weighted by atomic mass is 9.98. The number of benzene rings is 2. The maximum Gasteiger partial charge on any atom is 0.326 e. The van der Waals surface area contributed by atoms with Gasteiger partial charge in [-0.3, -0.25) is 24.5 Å². The van der Waals surface area contributed by atoms with Gasteiger partial charge in [-0.25, -0.2) is 0 Å². The highest BCUT2D eigenvalue weighted by atomic mass is 16.7. The molecular weight excluding hydrogens is 476 g/mol. The number of amides is 1. The van der Waals surface area contributed by atoms with Crippen LogP contribution in [-0.4, -0.2) is 54.3 Å². The van der Waals surface area contributed by atoms with E-state index in [1.807, 2.05) is 60.7 Å². The molecule has 37 heavy (non-hydrogen) atoms. The predicted octanol–water partition coefficient (Wildman–Crippen LogP) is 2.73. The highest BCUT2D eigenvalue weighted by molar-refractivity contribution is 5.84. The Labute approximate surface area is 217 Å². The molecule has 2 aromatic carbocycles. The van der Waals surface area contributed by atoms with E-state index in [2.05, 4.69) is 10.6 Å². The van der Waals surface area contributed by atoms with E-state index in [1.54, 1.807) is 20.8 Å². The normalized spacial score (nSPS) is 13.6. The highest BCUT2D eigenvalue weighted by Crippen LogP contribution is 2.15. The van der Waals surface area contributed by atoms with Crippen molar-refractivity contribution in [2.75, 3.05) is 13.3 Å². The molecule has 0 aliphatic rings. The number of rotatable bonds is 13. The van der Waals surface area contributed by atoms with Gasteiger partial charge in [-0.15, -0.1) is 0 Å². The second-order valence-electron chi connectivity index (χ2n) is 9.90. The van der Waals surface area contributed by atoms with Gasteiger partial charge >= 0.3 is 17.9 Å². The minimum Gasteiger partial charge on any atom is -0.481 e. The third-order valence-corrected chi connectivity index (χ3v) is 5.58. The van der Waals surface area contributed by atoms with Crippen LogP contribution in [-0.2, 0) is 41.5 Å². The van der Waals surface area contributed by atoms with E-state index in [1.165, 1.54) is 6.92 Å². The lowest BCUT2D eigenvalue weighted by molar-refractivity contribution is -0.174. The molecular formula is C28H36N2O7. The Morgan fingerprint density at radius 2 is 1.35 bits per heavy atom. The summed E-state index contributed by atoms with van der Waals surface area (Å²) in [5.41, 5.74) is 0.939. The first-order valence-electron chi connectivity index (χ1n) is 12.2. The summed E-state index contributed by atoms with van der Waals surface area (Å²) in [4.78, 5) is 49.4. The fourth-order valence-electron chi connectivity index (χ4n) is 3.30. The quantitative estimate of drug-likeness (QED) is 0.276. The first-order valence-corrected chi connectivity index (χ1v) is 12.2. The average molecular weight is 513 g/mol. The molecule has 0 aliphatic carbocycles. The van der Waals surface area contributed by atoms with Gasteiger partial charge in [0.2, 0.25) is 12.7 Å². The third kappa shape index (κ3) is 10.4. The predicted molar refractivity (Wildman–Crippen MR) is 137 cm³/mol. The van der Waals surface area contributed by atoms with E-state index in [4.69, 9.17) is 14.6 Å². The van der Waals surface area contributed by atoms with Crippen LogP contribution in [0.15, 0.2) is 60.7 Å². The minimum atomic E-state index is -1.02. The van der Waals surface area contributed by atoms with Crippen molar-refractivity contribution in [1.82, 2.24) is 10.6 Å². The molecule has 3 atom stereocenters. The number of hydrogen-bond donors (Lipinski definition) is 3. The first-order chi connectivity index (χ1) is 17.5. The zero-order chi connectivity index (χ0) is 27.4. The highest BCUT2D eigenvalue weighted by Gasteiger charge is 2.29. The number of carbonyl (C=O) groups excluding carboxylic acids is 3. The Bertz CT molecular complexity index is 1040. The molecule has 0 saturated heterocycles. The average Bonchev–Trinajstić information content (AvgIpc) is 2.86. The number of hydrogen-bond acceptors (Lipinski definition) is 7. The van der Waals surface area contributed by atoms with E-state index < -0.39 is 54.0 Å². The van der Waals surface area contributed by atoms with Gasteiger partial charge in [0.15, 0.2) is 0 Å². The molecule has 0 aromatic heterocycles. The number of esters is 2. The second kappa shape index (κ2) is 14.1. The van der Waals surface area contributed by atoms with Crippen molar-refractivity contribution >= 4 is 23.8 Å². The molecule has 9 heteroatoms. The van der Waals surface area contributed by atoms with Crippen LogP contribution in [0.25, 0.3) is 0 Å². The Balaban J connectivity index is 2.21. The number of aliphatic carboxylic acids is 1. The van der Waals surface area contributed by atoms with Crippen molar-refractivity contribution in [2.45, 2.75) is 52.6 Å². The van der Waals surface area contributed by atoms with E-state index in [0.29, 0.717) is 0 Å². The van der Waals surface area contributed by atoms with Crippen molar-refractivity contribution in [3.8, 4) is 0 Å². The molecule has 0 saturated carbocycles. The second-order valence-corrected chi connectivity index (χ2v) is 9.90. The van der Waals surface area contributed by atoms with Crippen LogP contribution in [0.4, 0.5) is 0 Å². The molecule has 0 spiro atoms. The van der Waals surface area contributed by atoms with Crippen LogP contribution in [0.1, 0.15) is 38.8 Å². The number of nitrogens with one attached hydrogen (secondary N) is 2. The SMILES string of the molecule is CC(CNC(=O)[C@H](Cc1ccccc1)NC(Cc1ccccc1)C(=O)OCOC(=O)C(C)(C)C)C(=O)O. The zero-order valence-electron chi connectivity index (χ0n) is 21.7. The molecule has 0 bridgehead atoms. The fourth-order valence-corrected chi connectivity index (χ4v) is 3.30. The Morgan fingerprint density at radius 1 is 0.838 bits per heavy atom. The van der Waals surface area contributed by atoms with Gasteiger partial charge in [0, 0.05) is 6.54 Å². The monoisotopic (exact) mass is 512 g/mol. The van der Waals surface area contributed by atoms with Gasteiger partial charge in [0.05, 0.1) is 17.4 Å². The molecule has 1 amide bonds. The molecule has 0 heterocycles. The van der Waals surface area contributed by atoms with Crippen molar-refractivity contribution < 1.29 is 33.8 Å². The van der Waals surface area contributed by atoms with Gasteiger partial charge in [-0.1, -0.05) is 67.6 Å². The van der Waals surface area contributed by atoms with Crippen LogP contribution in [0.2, 0.25) is 0 Å². The van der Waals surface area contributed by atoms with Crippen molar-refractivity contribution in [1.29, 1.82) is 0 Å². The molecule has 2 aromatic rings. The van der Waals surface area contributed by atoms with Crippen molar-refractivity contribution in [2.24, 2.45) is 11.3 Å². The van der Waals surface area contributed by atoms with E-state index in [9.17, 15) is 19.2 Å². The molecule has 0 radical (unpaired) electrons. The Kier molecular flexibility index (Phi) is 11.3. The summed E-state index contributed by atoms with van der Waals surface area (Å²) >= 11 is 0. The molecule has 2 unspecified atom stereocenters. The standard InChI is InChI=1S/C28H36N2O7/c1-19(25(32)33)17-29-24(31)22(15-20-11-7-5-8-12-20)30-23(16-21-13-9-6-10-14-21)26(34)36-18-37-27(35)28(2,3)4/h5-14,19,22-23,30H,15-18H2,1-4H3,(H,29,31)(H,32,33)/t19?,22-,23?/m0/s1. The molecule has 2 rings (SSSR count). The zero-order valence-corrected chi connectivity index (χ0v) is 21.7. The van der Waals surface area contributed by atoms with E-state index in [0.717, 1.165) is 11.1 Å². The summed E-state index contributed by atoms with van der Waals surface area (Å²) < 4.78 is 10.3. The largest absolute Gasteiger partial charge is 0.481 e. The smallest absolute Gasteiger partial charge is 0.326 e. The maximum atomic E-state index is 13.1. The molecule has 0 aliphatic heterocycles. The van der Waals surface area contributed by atoms with Gasteiger partial charge < -0.3 is 19.9 Å². The minimum absolute atomic E-state index is 0.0578. The fraction of sp³-hybridized carbons (Fsp3) is 0.429. The summed E-state index contributed by atoms with van der Waals surface area (Å²) in [7, 11) is 0. The number of carboxylic acids is 1. The number of ether oxygens (including phenoxy) is 2.